The van der Waals surface area contributed by atoms with E-state index < -0.39 is 12.7 Å². The standard InChI is InChI=1S/C30H38N6O3S.C30H38N6O2S.C29H33F3N6O2S/c1-18-11-26(39-6)25(30(38)33-18)14-32-29(37)24-13-23-12-21(27-15-31-17-40-27)16-36(23)28(19(24)2)20(3)35-9-7-22(8-10-35)34(4)5;1-18-11-19(2)33-30(38)26(18)14-32-29(37)25-13-24-12-22(27-15-31-17-39-27)16-36(24)28(20(25)3)21(4)35-9-7-23(8-10-35)34(5)6;1-17-9-18(2)35-28(40)24(17)12-34-27(39)23-11-22-10-21(25-13-33-16-41-25)14-38(22)26(19(23)3)20(4)37-7-5-36(6-8-37)15-29(30,31)32/h11-13,15-17,20,22H,7-10,14H2,1-6H3,(H,32,37)(H,33,38);11-13,15-17,21,23H,7-10,14H2,1-6H3,(H,32,37)(H,33,38);9-11,13-14,16,20H,5-8,12,15H2,1-4H3,(H,34,39)(H,35,40). The molecule has 25 nitrogen and oxygen atoms in total. The molecule has 0 spiro atoms. The SMILES string of the molecule is COc1cc(C)[nH]c(=O)c1CNC(=O)c1cc2cc(-c3cncs3)cn2c(C(C)N2CCC(N(C)C)CC2)c1C.Cc1cc(C)c(CNC(=O)c2cc3cc(-c4cncs4)cn3c(C(C)N3CCC(N(C)C)CC3)c2C)c(=O)[nH]1.Cc1cc(C)c(CNC(=O)c2cc3cc(-c4cncs4)cn3c(C(C)N3CCN(CC(F)(F)F)CC3)c2C)c(=O)[nH]1. The number of methoxy groups -OCH3 is 1. The van der Waals surface area contributed by atoms with Gasteiger partial charge in [-0.2, -0.15) is 13.2 Å². The quantitative estimate of drug-likeness (QED) is 0.0368. The van der Waals surface area contributed by atoms with Gasteiger partial charge in [-0.1, -0.05) is 0 Å². The van der Waals surface area contributed by atoms with Gasteiger partial charge in [-0.15, -0.1) is 34.0 Å². The maximum absolute atomic E-state index is 13.7. The van der Waals surface area contributed by atoms with Crippen molar-refractivity contribution in [3.05, 3.63) is 235 Å². The predicted octanol–water partition coefficient (Wildman–Crippen LogP) is 13.9. The van der Waals surface area contributed by atoms with Crippen LogP contribution in [0.1, 0.15) is 174 Å². The van der Waals surface area contributed by atoms with E-state index in [1.165, 1.54) is 23.3 Å². The Hall–Kier alpha value is -10.2. The van der Waals surface area contributed by atoms with E-state index in [1.807, 2.05) is 121 Å². The maximum Gasteiger partial charge on any atom is 0.401 e. The summed E-state index contributed by atoms with van der Waals surface area (Å²) in [6.07, 6.45) is 12.2. The van der Waals surface area contributed by atoms with E-state index in [-0.39, 0.29) is 72.2 Å². The molecule has 0 aromatic carbocycles. The predicted molar refractivity (Wildman–Crippen MR) is 471 cm³/mol. The van der Waals surface area contributed by atoms with Gasteiger partial charge >= 0.3 is 6.18 Å². The van der Waals surface area contributed by atoms with Gasteiger partial charge in [-0.3, -0.25) is 63.3 Å². The molecule has 0 aliphatic carbocycles. The fourth-order valence-corrected chi connectivity index (χ4v) is 19.4. The van der Waals surface area contributed by atoms with Crippen LogP contribution in [0.15, 0.2) is 123 Å². The number of thiazole rings is 3. The minimum absolute atomic E-state index is 0.0678. The number of nitrogens with one attached hydrogen (secondary N) is 6. The van der Waals surface area contributed by atoms with Crippen molar-refractivity contribution in [1.29, 1.82) is 0 Å². The average molecular weight is 1700 g/mol. The van der Waals surface area contributed by atoms with Crippen LogP contribution >= 0.6 is 34.0 Å². The molecule has 0 radical (unpaired) electrons. The largest absolute Gasteiger partial charge is 0.496 e. The number of halogens is 3. The molecule has 3 aliphatic rings. The summed E-state index contributed by atoms with van der Waals surface area (Å²) in [6, 6.07) is 18.9. The van der Waals surface area contributed by atoms with E-state index in [9.17, 15) is 41.9 Å². The van der Waals surface area contributed by atoms with Crippen molar-refractivity contribution in [2.75, 3.05) is 94.2 Å². The third-order valence-electron chi connectivity index (χ3n) is 24.3. The van der Waals surface area contributed by atoms with Crippen LogP contribution in [0, 0.1) is 55.4 Å². The molecular weight excluding hydrogens is 1590 g/mol. The summed E-state index contributed by atoms with van der Waals surface area (Å²) in [5, 5.41) is 8.93. The zero-order valence-electron chi connectivity index (χ0n) is 71.2. The Kier molecular flexibility index (Phi) is 27.3. The summed E-state index contributed by atoms with van der Waals surface area (Å²) in [4.78, 5) is 116. The molecule has 31 heteroatoms. The first-order valence-corrected chi connectivity index (χ1v) is 43.3. The number of carbonyl (C=O) groups is 3. The third kappa shape index (κ3) is 19.5. The second-order valence-corrected chi connectivity index (χ2v) is 35.2. The number of amides is 3. The number of pyridine rings is 6. The summed E-state index contributed by atoms with van der Waals surface area (Å²) in [5.74, 6) is -0.227. The first kappa shape index (κ1) is 87.6. The summed E-state index contributed by atoms with van der Waals surface area (Å²) in [5.41, 5.74) is 23.7. The van der Waals surface area contributed by atoms with E-state index >= 15 is 0 Å². The highest BCUT2D eigenvalue weighted by atomic mass is 32.1. The Morgan fingerprint density at radius 2 is 0.792 bits per heavy atom. The molecular formula is C89H109F3N18O7S3. The van der Waals surface area contributed by atoms with Crippen molar-refractivity contribution in [3.63, 3.8) is 0 Å². The highest BCUT2D eigenvalue weighted by molar-refractivity contribution is 7.13. The van der Waals surface area contributed by atoms with Crippen molar-refractivity contribution in [3.8, 4) is 37.1 Å². The van der Waals surface area contributed by atoms with E-state index in [0.29, 0.717) is 83.1 Å². The third-order valence-corrected chi connectivity index (χ3v) is 26.7. The molecule has 6 N–H and O–H groups in total. The molecule has 0 bridgehead atoms. The number of ether oxygens (including phenoxy) is 1. The van der Waals surface area contributed by atoms with Crippen LogP contribution in [0.25, 0.3) is 47.9 Å². The fraction of sp³-hybridized carbons (Fsp3) is 0.427. The van der Waals surface area contributed by atoms with Gasteiger partial charge < -0.3 is 58.6 Å². The lowest BCUT2D eigenvalue weighted by Gasteiger charge is -2.39. The Labute approximate surface area is 708 Å². The summed E-state index contributed by atoms with van der Waals surface area (Å²) in [7, 11) is 10.2. The monoisotopic (exact) mass is 1690 g/mol. The molecule has 636 valence electrons. The zero-order valence-corrected chi connectivity index (χ0v) is 73.6. The van der Waals surface area contributed by atoms with Gasteiger partial charge in [0, 0.05) is 228 Å². The van der Waals surface area contributed by atoms with Crippen LogP contribution in [0.4, 0.5) is 13.2 Å². The van der Waals surface area contributed by atoms with Gasteiger partial charge in [0.05, 0.1) is 56.9 Å². The highest BCUT2D eigenvalue weighted by Crippen LogP contribution is 2.39. The van der Waals surface area contributed by atoms with E-state index in [2.05, 4.69) is 150 Å². The number of aryl methyl sites for hydroxylation is 5. The number of H-pyrrole nitrogens is 3. The van der Waals surface area contributed by atoms with Crippen LogP contribution in [0.2, 0.25) is 0 Å². The minimum atomic E-state index is -4.22. The van der Waals surface area contributed by atoms with E-state index in [0.717, 1.165) is 156 Å². The van der Waals surface area contributed by atoms with Crippen molar-refractivity contribution in [1.82, 2.24) is 88.5 Å². The minimum Gasteiger partial charge on any atom is -0.496 e. The molecule has 3 atom stereocenters. The molecule has 12 aromatic rings. The van der Waals surface area contributed by atoms with Crippen LogP contribution in [-0.4, -0.2) is 203 Å². The number of likely N-dealkylation sites (tertiary alicyclic amines) is 2. The number of piperazine rings is 1. The van der Waals surface area contributed by atoms with Crippen molar-refractivity contribution >= 4 is 68.3 Å². The van der Waals surface area contributed by atoms with Crippen molar-refractivity contribution in [2.24, 2.45) is 0 Å². The van der Waals surface area contributed by atoms with Gasteiger partial charge in [0.25, 0.3) is 34.4 Å². The molecule has 3 saturated heterocycles. The number of aromatic nitrogens is 9. The van der Waals surface area contributed by atoms with Crippen LogP contribution < -0.4 is 37.4 Å². The first-order chi connectivity index (χ1) is 57.2. The average Bonchev–Trinajstić information content (AvgIpc) is 1.57. The number of piperidine rings is 2. The summed E-state index contributed by atoms with van der Waals surface area (Å²) in [6.45, 7) is 26.8. The van der Waals surface area contributed by atoms with Gasteiger partial charge in [-0.25, -0.2) is 0 Å². The van der Waals surface area contributed by atoms with Crippen LogP contribution in [-0.2, 0) is 19.6 Å². The lowest BCUT2D eigenvalue weighted by atomic mass is 9.97. The molecule has 15 heterocycles. The number of hydrogen-bond donors (Lipinski definition) is 6. The second kappa shape index (κ2) is 37.4. The maximum atomic E-state index is 13.7. The molecule has 0 saturated carbocycles. The number of nitrogens with zero attached hydrogens (tertiary/aromatic N) is 12. The summed E-state index contributed by atoms with van der Waals surface area (Å²) < 4.78 is 50.8. The van der Waals surface area contributed by atoms with Gasteiger partial charge in [-0.05, 0) is 212 Å². The molecule has 3 fully saturated rings. The van der Waals surface area contributed by atoms with Crippen LogP contribution in [0.3, 0.4) is 0 Å². The number of aromatic amines is 3. The fourth-order valence-electron chi connectivity index (χ4n) is 17.5. The van der Waals surface area contributed by atoms with Crippen LogP contribution in [0.5, 0.6) is 5.75 Å². The van der Waals surface area contributed by atoms with Crippen molar-refractivity contribution in [2.45, 2.75) is 158 Å². The number of hydrogen-bond acceptors (Lipinski definition) is 19. The highest BCUT2D eigenvalue weighted by Gasteiger charge is 2.36. The Morgan fingerprint density at radius 1 is 0.475 bits per heavy atom. The normalized spacial score (nSPS) is 15.7. The lowest BCUT2D eigenvalue weighted by Crippen LogP contribution is -2.49. The van der Waals surface area contributed by atoms with Crippen molar-refractivity contribution < 1.29 is 32.3 Å². The smallest absolute Gasteiger partial charge is 0.401 e. The molecule has 12 aromatic heterocycles. The van der Waals surface area contributed by atoms with Gasteiger partial charge in [0.2, 0.25) is 0 Å². The number of carbonyl (C=O) groups excluding carboxylic acids is 3. The van der Waals surface area contributed by atoms with E-state index in [4.69, 9.17) is 4.74 Å². The summed E-state index contributed by atoms with van der Waals surface area (Å²) >= 11 is 4.73. The van der Waals surface area contributed by atoms with E-state index in [1.54, 1.807) is 47.4 Å². The number of rotatable bonds is 22. The molecule has 3 unspecified atom stereocenters. The molecule has 120 heavy (non-hydrogen) atoms. The lowest BCUT2D eigenvalue weighted by molar-refractivity contribution is -0.149. The second-order valence-electron chi connectivity index (χ2n) is 32.6. The number of fused-ring (bicyclic) bond motifs is 3. The van der Waals surface area contributed by atoms with Gasteiger partial charge in [0.15, 0.2) is 0 Å². The molecule has 15 rings (SSSR count). The Bertz CT molecular complexity index is 5860. The Morgan fingerprint density at radius 3 is 1.09 bits per heavy atom. The number of alkyl halides is 3. The topological polar surface area (TPSA) is 266 Å². The molecule has 3 aliphatic heterocycles. The first-order valence-electron chi connectivity index (χ1n) is 40.7. The molecule has 3 amide bonds. The zero-order chi connectivity index (χ0) is 85.9. The van der Waals surface area contributed by atoms with Gasteiger partial charge in [0.1, 0.15) is 5.75 Å². The Balaban J connectivity index is 0.000000156.